The quantitative estimate of drug-likeness (QED) is 0.926. The van der Waals surface area contributed by atoms with E-state index in [-0.39, 0.29) is 11.7 Å². The largest absolute Gasteiger partial charge is 0.388 e. The zero-order chi connectivity index (χ0) is 13.3. The summed E-state index contributed by atoms with van der Waals surface area (Å²) in [6.07, 6.45) is 4.28. The van der Waals surface area contributed by atoms with Crippen LogP contribution in [-0.4, -0.2) is 29.9 Å². The molecule has 1 aliphatic heterocycles. The highest BCUT2D eigenvalue weighted by Gasteiger charge is 2.39. The molecule has 2 aliphatic rings. The normalized spacial score (nSPS) is 26.1. The maximum Gasteiger partial charge on any atom is 0.125 e. The Labute approximate surface area is 117 Å². The Morgan fingerprint density at radius 2 is 2.26 bits per heavy atom. The second-order valence-electron chi connectivity index (χ2n) is 5.28. The second-order valence-corrected chi connectivity index (χ2v) is 6.31. The van der Waals surface area contributed by atoms with Gasteiger partial charge in [-0.05, 0) is 26.2 Å². The van der Waals surface area contributed by atoms with Crippen LogP contribution >= 0.6 is 11.3 Å². The maximum absolute atomic E-state index is 10.1. The Balaban J connectivity index is 1.94. The fourth-order valence-corrected chi connectivity index (χ4v) is 4.32. The van der Waals surface area contributed by atoms with Crippen LogP contribution in [0.15, 0.2) is 0 Å². The van der Waals surface area contributed by atoms with E-state index in [1.807, 2.05) is 6.92 Å². The highest BCUT2D eigenvalue weighted by atomic mass is 32.1. The molecule has 0 amide bonds. The van der Waals surface area contributed by atoms with Gasteiger partial charge in [0.25, 0.3) is 0 Å². The van der Waals surface area contributed by atoms with E-state index in [1.54, 1.807) is 11.3 Å². The average Bonchev–Trinajstić information content (AvgIpc) is 2.86. The van der Waals surface area contributed by atoms with Crippen molar-refractivity contribution in [1.29, 1.82) is 0 Å². The molecule has 1 unspecified atom stereocenters. The molecule has 3 rings (SSSR count). The maximum atomic E-state index is 10.1. The van der Waals surface area contributed by atoms with Crippen molar-refractivity contribution in [2.75, 3.05) is 19.8 Å². The Bertz CT molecular complexity index is 434. The van der Waals surface area contributed by atoms with E-state index in [1.165, 1.54) is 0 Å². The lowest BCUT2D eigenvalue weighted by atomic mass is 9.94. The van der Waals surface area contributed by atoms with Gasteiger partial charge in [-0.15, -0.1) is 11.3 Å². The van der Waals surface area contributed by atoms with Crippen molar-refractivity contribution in [2.24, 2.45) is 0 Å². The van der Waals surface area contributed by atoms with Crippen LogP contribution in [0.1, 0.15) is 54.3 Å². The lowest BCUT2D eigenvalue weighted by molar-refractivity contribution is -0.112. The van der Waals surface area contributed by atoms with Crippen molar-refractivity contribution in [3.05, 3.63) is 15.6 Å². The third kappa shape index (κ3) is 2.44. The van der Waals surface area contributed by atoms with Crippen molar-refractivity contribution in [3.8, 4) is 0 Å². The molecule has 0 bridgehead atoms. The first-order valence-corrected chi connectivity index (χ1v) is 7.96. The standard InChI is InChI=1S/C14H21NO3S/c1-2-18-14(6-8-17-9-7-14)13-15-10-4-3-5-11(16)12(10)19-13/h11,16H,2-9H2,1H3. The summed E-state index contributed by atoms with van der Waals surface area (Å²) in [7, 11) is 0. The fraction of sp³-hybridized carbons (Fsp3) is 0.786. The molecule has 2 heterocycles. The van der Waals surface area contributed by atoms with Crippen LogP contribution in [0.2, 0.25) is 0 Å². The number of aromatic nitrogens is 1. The molecule has 4 nitrogen and oxygen atoms in total. The smallest absolute Gasteiger partial charge is 0.125 e. The number of hydrogen-bond acceptors (Lipinski definition) is 5. The molecule has 19 heavy (non-hydrogen) atoms. The number of aliphatic hydroxyl groups excluding tert-OH is 1. The molecule has 5 heteroatoms. The molecule has 1 saturated heterocycles. The summed E-state index contributed by atoms with van der Waals surface area (Å²) in [6, 6.07) is 0. The molecule has 1 N–H and O–H groups in total. The lowest BCUT2D eigenvalue weighted by Crippen LogP contribution is -2.36. The molecular weight excluding hydrogens is 262 g/mol. The van der Waals surface area contributed by atoms with Crippen LogP contribution in [0, 0.1) is 0 Å². The Hall–Kier alpha value is -0.490. The molecular formula is C14H21NO3S. The van der Waals surface area contributed by atoms with Gasteiger partial charge in [0.05, 0.1) is 16.7 Å². The van der Waals surface area contributed by atoms with Gasteiger partial charge < -0.3 is 14.6 Å². The fourth-order valence-electron chi connectivity index (χ4n) is 2.99. The van der Waals surface area contributed by atoms with Gasteiger partial charge in [-0.1, -0.05) is 0 Å². The Morgan fingerprint density at radius 3 is 2.95 bits per heavy atom. The average molecular weight is 283 g/mol. The molecule has 1 atom stereocenters. The highest BCUT2D eigenvalue weighted by molar-refractivity contribution is 7.12. The van der Waals surface area contributed by atoms with E-state index in [9.17, 15) is 5.11 Å². The summed E-state index contributed by atoms with van der Waals surface area (Å²) in [6.45, 7) is 4.17. The number of ether oxygens (including phenoxy) is 2. The van der Waals surface area contributed by atoms with Crippen LogP contribution in [0.5, 0.6) is 0 Å². The van der Waals surface area contributed by atoms with Crippen molar-refractivity contribution < 1.29 is 14.6 Å². The summed E-state index contributed by atoms with van der Waals surface area (Å²) < 4.78 is 11.5. The van der Waals surface area contributed by atoms with Crippen LogP contribution in [0.4, 0.5) is 0 Å². The molecule has 0 spiro atoms. The number of hydrogen-bond donors (Lipinski definition) is 1. The van der Waals surface area contributed by atoms with Gasteiger partial charge in [-0.25, -0.2) is 4.98 Å². The van der Waals surface area contributed by atoms with Gasteiger partial charge in [0.1, 0.15) is 10.6 Å². The van der Waals surface area contributed by atoms with Gasteiger partial charge in [-0.2, -0.15) is 0 Å². The second kappa shape index (κ2) is 5.48. The van der Waals surface area contributed by atoms with E-state index in [2.05, 4.69) is 0 Å². The van der Waals surface area contributed by atoms with Gasteiger partial charge in [0.15, 0.2) is 0 Å². The highest BCUT2D eigenvalue weighted by Crippen LogP contribution is 2.43. The minimum Gasteiger partial charge on any atom is -0.388 e. The van der Waals surface area contributed by atoms with E-state index in [0.29, 0.717) is 6.61 Å². The predicted octanol–water partition coefficient (Wildman–Crippen LogP) is 2.56. The van der Waals surface area contributed by atoms with E-state index in [0.717, 1.165) is 60.9 Å². The number of thiazole rings is 1. The number of aryl methyl sites for hydroxylation is 1. The van der Waals surface area contributed by atoms with Crippen molar-refractivity contribution >= 4 is 11.3 Å². The first-order chi connectivity index (χ1) is 9.25. The first kappa shape index (κ1) is 13.5. The van der Waals surface area contributed by atoms with Crippen molar-refractivity contribution in [3.63, 3.8) is 0 Å². The van der Waals surface area contributed by atoms with Crippen LogP contribution in [0.25, 0.3) is 0 Å². The van der Waals surface area contributed by atoms with Crippen molar-refractivity contribution in [2.45, 2.75) is 50.7 Å². The summed E-state index contributed by atoms with van der Waals surface area (Å²) in [4.78, 5) is 5.86. The molecule has 1 aromatic heterocycles. The molecule has 1 aromatic rings. The van der Waals surface area contributed by atoms with Gasteiger partial charge in [0.2, 0.25) is 0 Å². The molecule has 106 valence electrons. The molecule has 0 aromatic carbocycles. The summed E-state index contributed by atoms with van der Waals surface area (Å²) in [5, 5.41) is 11.1. The topological polar surface area (TPSA) is 51.6 Å². The number of nitrogens with zero attached hydrogens (tertiary/aromatic N) is 1. The minimum atomic E-state index is -0.325. The van der Waals surface area contributed by atoms with Gasteiger partial charge >= 0.3 is 0 Å². The van der Waals surface area contributed by atoms with E-state index in [4.69, 9.17) is 14.5 Å². The third-order valence-electron chi connectivity index (χ3n) is 4.03. The SMILES string of the molecule is CCOC1(c2nc3c(s2)C(O)CCC3)CCOCC1. The van der Waals surface area contributed by atoms with Crippen LogP contribution < -0.4 is 0 Å². The molecule has 0 saturated carbocycles. The van der Waals surface area contributed by atoms with Crippen LogP contribution in [-0.2, 0) is 21.5 Å². The van der Waals surface area contributed by atoms with E-state index < -0.39 is 0 Å². The number of fused-ring (bicyclic) bond motifs is 1. The summed E-state index contributed by atoms with van der Waals surface area (Å²) in [5.74, 6) is 0. The molecule has 0 radical (unpaired) electrons. The lowest BCUT2D eigenvalue weighted by Gasteiger charge is -2.35. The zero-order valence-electron chi connectivity index (χ0n) is 11.4. The van der Waals surface area contributed by atoms with Gasteiger partial charge in [-0.3, -0.25) is 0 Å². The molecule has 1 aliphatic carbocycles. The molecule has 1 fully saturated rings. The van der Waals surface area contributed by atoms with Crippen LogP contribution in [0.3, 0.4) is 0 Å². The zero-order valence-corrected chi connectivity index (χ0v) is 12.2. The minimum absolute atomic E-state index is 0.283. The number of rotatable bonds is 3. The third-order valence-corrected chi connectivity index (χ3v) is 5.42. The Morgan fingerprint density at radius 1 is 1.47 bits per heavy atom. The summed E-state index contributed by atoms with van der Waals surface area (Å²) >= 11 is 1.65. The monoisotopic (exact) mass is 283 g/mol. The number of aliphatic hydroxyl groups is 1. The first-order valence-electron chi connectivity index (χ1n) is 7.15. The Kier molecular flexibility index (Phi) is 3.89. The van der Waals surface area contributed by atoms with Gasteiger partial charge in [0, 0.05) is 32.7 Å². The van der Waals surface area contributed by atoms with Crippen molar-refractivity contribution in [1.82, 2.24) is 4.98 Å². The predicted molar refractivity (Wildman–Crippen MR) is 73.4 cm³/mol. The van der Waals surface area contributed by atoms with E-state index >= 15 is 0 Å². The summed E-state index contributed by atoms with van der Waals surface area (Å²) in [5.41, 5.74) is 0.804.